The molecule has 0 fully saturated rings. The van der Waals surface area contributed by atoms with Crippen molar-refractivity contribution in [3.63, 3.8) is 0 Å². The van der Waals surface area contributed by atoms with Crippen molar-refractivity contribution >= 4 is 28.0 Å². The van der Waals surface area contributed by atoms with Crippen molar-refractivity contribution in [1.29, 1.82) is 0 Å². The predicted molar refractivity (Wildman–Crippen MR) is 207 cm³/mol. The van der Waals surface area contributed by atoms with Gasteiger partial charge in [-0.2, -0.15) is 0 Å². The lowest BCUT2D eigenvalue weighted by atomic mass is 9.82. The van der Waals surface area contributed by atoms with Crippen LogP contribution in [0.4, 0.5) is 17.1 Å². The minimum atomic E-state index is -0.107. The van der Waals surface area contributed by atoms with Gasteiger partial charge in [0.25, 0.3) is 0 Å². The van der Waals surface area contributed by atoms with Gasteiger partial charge in [0.15, 0.2) is 0 Å². The second-order valence-electron chi connectivity index (χ2n) is 13.8. The third-order valence-electron chi connectivity index (χ3n) is 10.7. The van der Waals surface area contributed by atoms with Crippen molar-refractivity contribution in [3.8, 4) is 55.8 Å². The smallest absolute Gasteiger partial charge is 0.0977 e. The highest BCUT2D eigenvalue weighted by molar-refractivity contribution is 6.16. The van der Waals surface area contributed by atoms with E-state index in [0.717, 1.165) is 33.7 Å². The molecule has 3 heteroatoms. The monoisotopic (exact) mass is 639 g/mol. The van der Waals surface area contributed by atoms with Crippen LogP contribution in [0.15, 0.2) is 164 Å². The minimum Gasteiger partial charge on any atom is -0.309 e. The molecule has 0 saturated heterocycles. The molecule has 0 radical (unpaired) electrons. The summed E-state index contributed by atoms with van der Waals surface area (Å²) in [6.07, 6.45) is 3.94. The lowest BCUT2D eigenvalue weighted by Gasteiger charge is -2.30. The highest BCUT2D eigenvalue weighted by atomic mass is 15.1. The Hall–Kier alpha value is -6.32. The number of rotatable bonds is 5. The van der Waals surface area contributed by atoms with Crippen LogP contribution < -0.4 is 4.90 Å². The Morgan fingerprint density at radius 1 is 0.460 bits per heavy atom. The maximum Gasteiger partial charge on any atom is 0.0977 e. The molecule has 2 aliphatic carbocycles. The number of pyridine rings is 2. The van der Waals surface area contributed by atoms with Gasteiger partial charge in [0.2, 0.25) is 0 Å². The topological polar surface area (TPSA) is 29.0 Å². The first-order chi connectivity index (χ1) is 24.6. The average molecular weight is 640 g/mol. The molecule has 50 heavy (non-hydrogen) atoms. The van der Waals surface area contributed by atoms with Gasteiger partial charge in [0, 0.05) is 51.1 Å². The van der Waals surface area contributed by atoms with Crippen LogP contribution in [0.5, 0.6) is 0 Å². The second kappa shape index (κ2) is 10.8. The lowest BCUT2D eigenvalue weighted by molar-refractivity contribution is 0.660. The van der Waals surface area contributed by atoms with Gasteiger partial charge in [-0.15, -0.1) is 0 Å². The minimum absolute atomic E-state index is 0.107. The number of para-hydroxylation sites is 1. The van der Waals surface area contributed by atoms with E-state index in [1.54, 1.807) is 0 Å². The van der Waals surface area contributed by atoms with Crippen molar-refractivity contribution in [1.82, 2.24) is 9.97 Å². The zero-order chi connectivity index (χ0) is 33.4. The Balaban J connectivity index is 1.17. The van der Waals surface area contributed by atoms with E-state index in [1.807, 2.05) is 12.4 Å². The van der Waals surface area contributed by atoms with E-state index in [4.69, 9.17) is 9.97 Å². The summed E-state index contributed by atoms with van der Waals surface area (Å²) in [7, 11) is 0. The molecule has 0 unspecified atom stereocenters. The quantitative estimate of drug-likeness (QED) is 0.188. The Morgan fingerprint density at radius 3 is 1.90 bits per heavy atom. The van der Waals surface area contributed by atoms with Crippen molar-refractivity contribution < 1.29 is 0 Å². The fraction of sp³-hybridized carbons (Fsp3) is 0.0638. The maximum atomic E-state index is 5.04. The van der Waals surface area contributed by atoms with Crippen LogP contribution in [0.25, 0.3) is 66.7 Å². The molecule has 10 rings (SSSR count). The SMILES string of the molecule is CC1(C)c2ccccc2-c2c(N(c3ccc(-c4ncc5c6c(ccnc46)-c4ccccc4-5)cc3)c3ccccc3-c3ccccc3)cccc21. The molecule has 6 aromatic carbocycles. The number of aromatic nitrogens is 2. The predicted octanol–water partition coefficient (Wildman–Crippen LogP) is 12.4. The van der Waals surface area contributed by atoms with Crippen LogP contribution in [0.1, 0.15) is 25.0 Å². The summed E-state index contributed by atoms with van der Waals surface area (Å²) >= 11 is 0. The van der Waals surface area contributed by atoms with E-state index in [1.165, 1.54) is 61.1 Å². The van der Waals surface area contributed by atoms with Crippen LogP contribution in [-0.4, -0.2) is 9.97 Å². The molecule has 0 saturated carbocycles. The molecule has 3 nitrogen and oxygen atoms in total. The summed E-state index contributed by atoms with van der Waals surface area (Å²) in [4.78, 5) is 12.4. The molecule has 2 aromatic heterocycles. The lowest BCUT2D eigenvalue weighted by Crippen LogP contribution is -2.16. The molecular weight excluding hydrogens is 607 g/mol. The molecule has 0 spiro atoms. The number of fused-ring (bicyclic) bond motifs is 6. The molecule has 2 aliphatic rings. The highest BCUT2D eigenvalue weighted by Crippen LogP contribution is 2.55. The summed E-state index contributed by atoms with van der Waals surface area (Å²) in [5.41, 5.74) is 18.7. The molecule has 8 aromatic rings. The van der Waals surface area contributed by atoms with Crippen LogP contribution in [-0.2, 0) is 5.41 Å². The van der Waals surface area contributed by atoms with Crippen molar-refractivity contribution in [3.05, 3.63) is 175 Å². The first-order valence-corrected chi connectivity index (χ1v) is 17.3. The molecule has 0 bridgehead atoms. The number of nitrogens with zero attached hydrogens (tertiary/aromatic N) is 3. The van der Waals surface area contributed by atoms with Crippen molar-refractivity contribution in [2.75, 3.05) is 4.90 Å². The van der Waals surface area contributed by atoms with Crippen LogP contribution in [0, 0.1) is 0 Å². The molecule has 0 amide bonds. The Bertz CT molecular complexity index is 2590. The number of hydrogen-bond donors (Lipinski definition) is 0. The zero-order valence-corrected chi connectivity index (χ0v) is 27.9. The standard InChI is InChI=1S/C47H33N3/c1-47(2)39-19-10-8-18-37(39)44-40(47)20-12-22-42(44)50(41-21-11-9-15-33(41)30-13-4-3-5-14-30)32-25-23-31(24-26-32)45-46-43-36(27-28-48-46)34-16-6-7-17-35(34)38(43)29-49-45/h3-29H,1-2H3. The highest BCUT2D eigenvalue weighted by Gasteiger charge is 2.38. The van der Waals surface area contributed by atoms with E-state index in [0.29, 0.717) is 0 Å². The molecular formula is C47H33N3. The average Bonchev–Trinajstić information content (AvgIpc) is 3.63. The molecule has 236 valence electrons. The Morgan fingerprint density at radius 2 is 1.10 bits per heavy atom. The van der Waals surface area contributed by atoms with Gasteiger partial charge >= 0.3 is 0 Å². The third-order valence-corrected chi connectivity index (χ3v) is 10.7. The maximum absolute atomic E-state index is 5.04. The van der Waals surface area contributed by atoms with E-state index in [-0.39, 0.29) is 5.41 Å². The summed E-state index contributed by atoms with van der Waals surface area (Å²) in [5.74, 6) is 0. The molecule has 2 heterocycles. The fourth-order valence-electron chi connectivity index (χ4n) is 8.39. The van der Waals surface area contributed by atoms with Crippen LogP contribution in [0.2, 0.25) is 0 Å². The normalized spacial score (nSPS) is 13.2. The van der Waals surface area contributed by atoms with Gasteiger partial charge in [-0.1, -0.05) is 135 Å². The second-order valence-corrected chi connectivity index (χ2v) is 13.8. The van der Waals surface area contributed by atoms with Gasteiger partial charge in [0.1, 0.15) is 0 Å². The molecule has 0 N–H and O–H groups in total. The number of anilines is 3. The first kappa shape index (κ1) is 28.7. The fourth-order valence-corrected chi connectivity index (χ4v) is 8.39. The van der Waals surface area contributed by atoms with Gasteiger partial charge in [-0.3, -0.25) is 9.97 Å². The van der Waals surface area contributed by atoms with Gasteiger partial charge in [0.05, 0.1) is 22.6 Å². The first-order valence-electron chi connectivity index (χ1n) is 17.3. The summed E-state index contributed by atoms with van der Waals surface area (Å²) in [6.45, 7) is 4.69. The summed E-state index contributed by atoms with van der Waals surface area (Å²) < 4.78 is 0. The number of benzene rings is 6. The number of hydrogen-bond acceptors (Lipinski definition) is 3. The van der Waals surface area contributed by atoms with Gasteiger partial charge in [-0.25, -0.2) is 0 Å². The van der Waals surface area contributed by atoms with Crippen molar-refractivity contribution in [2.45, 2.75) is 19.3 Å². The third kappa shape index (κ3) is 4.10. The molecule has 0 atom stereocenters. The van der Waals surface area contributed by atoms with E-state index >= 15 is 0 Å². The van der Waals surface area contributed by atoms with E-state index in [9.17, 15) is 0 Å². The summed E-state index contributed by atoms with van der Waals surface area (Å²) in [6, 6.07) is 54.7. The summed E-state index contributed by atoms with van der Waals surface area (Å²) in [5, 5.41) is 1.18. The van der Waals surface area contributed by atoms with E-state index < -0.39 is 0 Å². The Kier molecular flexibility index (Phi) is 6.22. The van der Waals surface area contributed by atoms with E-state index in [2.05, 4.69) is 170 Å². The van der Waals surface area contributed by atoms with Crippen molar-refractivity contribution in [2.24, 2.45) is 0 Å². The van der Waals surface area contributed by atoms with Gasteiger partial charge < -0.3 is 4.90 Å². The van der Waals surface area contributed by atoms with Gasteiger partial charge in [-0.05, 0) is 69.3 Å². The Labute approximate surface area is 292 Å². The largest absolute Gasteiger partial charge is 0.309 e. The molecule has 0 aliphatic heterocycles. The van der Waals surface area contributed by atoms with Crippen LogP contribution >= 0.6 is 0 Å². The zero-order valence-electron chi connectivity index (χ0n) is 27.9. The van der Waals surface area contributed by atoms with Crippen LogP contribution in [0.3, 0.4) is 0 Å².